The Balaban J connectivity index is 2.38. The summed E-state index contributed by atoms with van der Waals surface area (Å²) >= 11 is 0. The van der Waals surface area contributed by atoms with E-state index in [1.54, 1.807) is 0 Å². The van der Waals surface area contributed by atoms with Crippen molar-refractivity contribution in [2.45, 2.75) is 12.8 Å². The predicted octanol–water partition coefficient (Wildman–Crippen LogP) is 1.63. The number of H-pyrrole nitrogens is 1. The normalized spacial score (nSPS) is 12.3. The van der Waals surface area contributed by atoms with E-state index in [2.05, 4.69) is 9.97 Å². The number of rotatable bonds is 2. The molecule has 2 rings (SSSR count). The molecule has 0 fully saturated rings. The Hall–Kier alpha value is -2.10. The largest absolute Gasteiger partial charge is 0.502 e. The zero-order chi connectivity index (χ0) is 11.5. The first kappa shape index (κ1) is 10.4. The third-order valence-electron chi connectivity index (χ3n) is 2.51. The fourth-order valence-corrected chi connectivity index (χ4v) is 1.52. The van der Waals surface area contributed by atoms with Crippen molar-refractivity contribution in [1.82, 2.24) is 9.97 Å². The number of aromatic hydroxyl groups is 1. The van der Waals surface area contributed by atoms with Crippen LogP contribution < -0.4 is 5.56 Å². The second kappa shape index (κ2) is 4.18. The Labute approximate surface area is 92.6 Å². The summed E-state index contributed by atoms with van der Waals surface area (Å²) in [5, 5.41) is 9.09. The van der Waals surface area contributed by atoms with Gasteiger partial charge in [0.2, 0.25) is 0 Å². The monoisotopic (exact) mass is 216 g/mol. The van der Waals surface area contributed by atoms with Crippen LogP contribution in [0.4, 0.5) is 0 Å². The zero-order valence-corrected chi connectivity index (χ0v) is 8.84. The minimum Gasteiger partial charge on any atom is -0.502 e. The number of nitrogens with zero attached hydrogens (tertiary/aromatic N) is 1. The maximum Gasteiger partial charge on any atom is 0.293 e. The highest BCUT2D eigenvalue weighted by atomic mass is 16.3. The Morgan fingerprint density at radius 3 is 2.62 bits per heavy atom. The highest BCUT2D eigenvalue weighted by molar-refractivity contribution is 5.25. The van der Waals surface area contributed by atoms with E-state index in [9.17, 15) is 4.79 Å². The van der Waals surface area contributed by atoms with E-state index in [1.807, 2.05) is 37.3 Å². The van der Waals surface area contributed by atoms with E-state index in [1.165, 1.54) is 6.20 Å². The Morgan fingerprint density at radius 2 is 2.00 bits per heavy atom. The molecule has 4 nitrogen and oxygen atoms in total. The lowest BCUT2D eigenvalue weighted by atomic mass is 10.0. The highest BCUT2D eigenvalue weighted by Gasteiger charge is 2.11. The molecule has 1 atom stereocenters. The van der Waals surface area contributed by atoms with E-state index >= 15 is 0 Å². The van der Waals surface area contributed by atoms with Crippen molar-refractivity contribution in [3.8, 4) is 5.75 Å². The lowest BCUT2D eigenvalue weighted by Crippen LogP contribution is -2.12. The number of nitrogens with one attached hydrogen (secondary N) is 1. The molecule has 0 amide bonds. The van der Waals surface area contributed by atoms with Crippen LogP contribution in [-0.2, 0) is 0 Å². The number of aromatic amines is 1. The molecule has 2 N–H and O–H groups in total. The Bertz CT molecular complexity index is 534. The van der Waals surface area contributed by atoms with Crippen LogP contribution in [0.2, 0.25) is 0 Å². The first-order valence-electron chi connectivity index (χ1n) is 5.01. The summed E-state index contributed by atoms with van der Waals surface area (Å²) in [7, 11) is 0. The average Bonchev–Trinajstić information content (AvgIpc) is 2.33. The second-order valence-corrected chi connectivity index (χ2v) is 3.62. The van der Waals surface area contributed by atoms with Gasteiger partial charge in [-0.3, -0.25) is 4.79 Å². The molecule has 16 heavy (non-hydrogen) atoms. The fourth-order valence-electron chi connectivity index (χ4n) is 1.52. The zero-order valence-electron chi connectivity index (χ0n) is 8.84. The van der Waals surface area contributed by atoms with Crippen molar-refractivity contribution in [1.29, 1.82) is 0 Å². The molecule has 0 aliphatic heterocycles. The molecule has 82 valence electrons. The molecule has 0 radical (unpaired) electrons. The summed E-state index contributed by atoms with van der Waals surface area (Å²) < 4.78 is 0. The molecule has 1 heterocycles. The van der Waals surface area contributed by atoms with Gasteiger partial charge in [0.25, 0.3) is 5.56 Å². The second-order valence-electron chi connectivity index (χ2n) is 3.62. The van der Waals surface area contributed by atoms with E-state index in [0.717, 1.165) is 5.56 Å². The van der Waals surface area contributed by atoms with Crippen LogP contribution in [0.15, 0.2) is 41.3 Å². The fraction of sp³-hybridized carbons (Fsp3) is 0.167. The van der Waals surface area contributed by atoms with Crippen molar-refractivity contribution in [2.24, 2.45) is 0 Å². The van der Waals surface area contributed by atoms with E-state index < -0.39 is 5.56 Å². The van der Waals surface area contributed by atoms with Crippen molar-refractivity contribution in [3.63, 3.8) is 0 Å². The van der Waals surface area contributed by atoms with Gasteiger partial charge in [0.05, 0.1) is 6.20 Å². The number of hydrogen-bond donors (Lipinski definition) is 2. The number of hydrogen-bond acceptors (Lipinski definition) is 3. The van der Waals surface area contributed by atoms with Gasteiger partial charge < -0.3 is 10.1 Å². The minimum atomic E-state index is -0.507. The lowest BCUT2D eigenvalue weighted by molar-refractivity contribution is 0.461. The van der Waals surface area contributed by atoms with Gasteiger partial charge in [0.1, 0.15) is 5.82 Å². The summed E-state index contributed by atoms with van der Waals surface area (Å²) in [6.07, 6.45) is 1.17. The molecule has 0 aliphatic rings. The third-order valence-corrected chi connectivity index (χ3v) is 2.51. The average molecular weight is 216 g/mol. The van der Waals surface area contributed by atoms with Gasteiger partial charge in [-0.15, -0.1) is 0 Å². The van der Waals surface area contributed by atoms with Gasteiger partial charge in [-0.2, -0.15) is 0 Å². The summed E-state index contributed by atoms with van der Waals surface area (Å²) in [4.78, 5) is 17.8. The SMILES string of the molecule is CC(c1ccccc1)c1ncc(O)c(=O)[nH]1. The molecule has 0 spiro atoms. The number of aromatic nitrogens is 2. The van der Waals surface area contributed by atoms with Crippen LogP contribution >= 0.6 is 0 Å². The topological polar surface area (TPSA) is 66.0 Å². The van der Waals surface area contributed by atoms with Crippen LogP contribution in [0.3, 0.4) is 0 Å². The van der Waals surface area contributed by atoms with Gasteiger partial charge in [0.15, 0.2) is 5.75 Å². The van der Waals surface area contributed by atoms with E-state index in [0.29, 0.717) is 5.82 Å². The molecule has 2 aromatic rings. The maximum absolute atomic E-state index is 11.2. The molecule has 0 saturated heterocycles. The van der Waals surface area contributed by atoms with Crippen LogP contribution in [0.5, 0.6) is 5.75 Å². The smallest absolute Gasteiger partial charge is 0.293 e. The van der Waals surface area contributed by atoms with E-state index in [-0.39, 0.29) is 11.7 Å². The van der Waals surface area contributed by atoms with Crippen molar-refractivity contribution >= 4 is 0 Å². The highest BCUT2D eigenvalue weighted by Crippen LogP contribution is 2.19. The molecule has 1 aromatic carbocycles. The Morgan fingerprint density at radius 1 is 1.31 bits per heavy atom. The van der Waals surface area contributed by atoms with Crippen molar-refractivity contribution in [3.05, 3.63) is 58.3 Å². The quantitative estimate of drug-likeness (QED) is 0.801. The van der Waals surface area contributed by atoms with Crippen LogP contribution in [0.1, 0.15) is 24.2 Å². The van der Waals surface area contributed by atoms with Crippen molar-refractivity contribution in [2.75, 3.05) is 0 Å². The standard InChI is InChI=1S/C12H12N2O2/c1-8(9-5-3-2-4-6-9)11-13-7-10(15)12(16)14-11/h2-8,15H,1H3,(H,13,14,16). The van der Waals surface area contributed by atoms with Gasteiger partial charge in [-0.25, -0.2) is 4.98 Å². The lowest BCUT2D eigenvalue weighted by Gasteiger charge is -2.10. The van der Waals surface area contributed by atoms with Gasteiger partial charge >= 0.3 is 0 Å². The maximum atomic E-state index is 11.2. The van der Waals surface area contributed by atoms with Gasteiger partial charge in [0, 0.05) is 5.92 Å². The molecular weight excluding hydrogens is 204 g/mol. The molecule has 0 bridgehead atoms. The Kier molecular flexibility index (Phi) is 2.72. The van der Waals surface area contributed by atoms with Gasteiger partial charge in [-0.05, 0) is 5.56 Å². The summed E-state index contributed by atoms with van der Waals surface area (Å²) in [6.45, 7) is 1.95. The summed E-state index contributed by atoms with van der Waals surface area (Å²) in [5.41, 5.74) is 0.559. The number of benzene rings is 1. The predicted molar refractivity (Wildman–Crippen MR) is 60.5 cm³/mol. The molecular formula is C12H12N2O2. The first-order chi connectivity index (χ1) is 7.68. The first-order valence-corrected chi connectivity index (χ1v) is 5.01. The van der Waals surface area contributed by atoms with Gasteiger partial charge in [-0.1, -0.05) is 37.3 Å². The molecule has 4 heteroatoms. The van der Waals surface area contributed by atoms with E-state index in [4.69, 9.17) is 5.11 Å². The molecule has 0 saturated carbocycles. The van der Waals surface area contributed by atoms with Crippen molar-refractivity contribution < 1.29 is 5.11 Å². The van der Waals surface area contributed by atoms with Crippen LogP contribution in [0.25, 0.3) is 0 Å². The van der Waals surface area contributed by atoms with Crippen LogP contribution in [0, 0.1) is 0 Å². The molecule has 1 aromatic heterocycles. The third kappa shape index (κ3) is 1.95. The molecule has 0 aliphatic carbocycles. The minimum absolute atomic E-state index is 0.00509. The summed E-state index contributed by atoms with van der Waals surface area (Å²) in [5.74, 6) is 0.188. The molecule has 1 unspecified atom stereocenters. The summed E-state index contributed by atoms with van der Waals surface area (Å²) in [6, 6.07) is 9.74. The van der Waals surface area contributed by atoms with Crippen LogP contribution in [-0.4, -0.2) is 15.1 Å².